The molecule has 3 N–H and O–H groups in total. The Hall–Kier alpha value is -1.62. The first kappa shape index (κ1) is 13.8. The Morgan fingerprint density at radius 3 is 2.95 bits per heavy atom. The summed E-state index contributed by atoms with van der Waals surface area (Å²) in [4.78, 5) is 11.9. The predicted octanol–water partition coefficient (Wildman–Crippen LogP) is 1.37. The second-order valence-corrected chi connectivity index (χ2v) is 4.97. The molecule has 0 saturated heterocycles. The number of nitrogens with one attached hydrogen (secondary N) is 1. The molecule has 1 saturated carbocycles. The smallest absolute Gasteiger partial charge is 0.224 e. The van der Waals surface area contributed by atoms with E-state index in [1.165, 1.54) is 25.3 Å². The van der Waals surface area contributed by atoms with E-state index >= 15 is 0 Å². The second-order valence-electron chi connectivity index (χ2n) is 4.97. The van der Waals surface area contributed by atoms with Gasteiger partial charge in [-0.2, -0.15) is 0 Å². The lowest BCUT2D eigenvalue weighted by Crippen LogP contribution is -2.35. The molecule has 104 valence electrons. The van der Waals surface area contributed by atoms with Gasteiger partial charge in [0.15, 0.2) is 0 Å². The van der Waals surface area contributed by atoms with Gasteiger partial charge in [0.1, 0.15) is 11.6 Å². The van der Waals surface area contributed by atoms with Crippen molar-refractivity contribution in [3.63, 3.8) is 0 Å². The molecule has 0 bridgehead atoms. The van der Waals surface area contributed by atoms with E-state index in [1.54, 1.807) is 0 Å². The van der Waals surface area contributed by atoms with Gasteiger partial charge in [-0.1, -0.05) is 0 Å². The number of carbonyl (C=O) groups excluding carboxylic acids is 1. The third kappa shape index (κ3) is 3.67. The lowest BCUT2D eigenvalue weighted by atomic mass is 10.1. The van der Waals surface area contributed by atoms with Crippen LogP contribution in [0, 0.1) is 5.82 Å². The first-order chi connectivity index (χ1) is 9.08. The molecule has 2 rings (SSSR count). The van der Waals surface area contributed by atoms with E-state index < -0.39 is 0 Å². The fourth-order valence-corrected chi connectivity index (χ4v) is 2.48. The van der Waals surface area contributed by atoms with Crippen molar-refractivity contribution >= 4 is 5.91 Å². The van der Waals surface area contributed by atoms with Gasteiger partial charge in [-0.25, -0.2) is 4.39 Å². The van der Waals surface area contributed by atoms with Crippen LogP contribution in [0.5, 0.6) is 5.75 Å². The summed E-state index contributed by atoms with van der Waals surface area (Å²) in [5.74, 6) is 0.0363. The average Bonchev–Trinajstić information content (AvgIpc) is 2.75. The lowest BCUT2D eigenvalue weighted by molar-refractivity contribution is -0.121. The number of rotatable bonds is 4. The Bertz CT molecular complexity index is 465. The molecule has 2 atom stereocenters. The van der Waals surface area contributed by atoms with Crippen molar-refractivity contribution in [3.8, 4) is 5.75 Å². The maximum Gasteiger partial charge on any atom is 0.224 e. The van der Waals surface area contributed by atoms with E-state index in [2.05, 4.69) is 5.32 Å². The average molecular weight is 266 g/mol. The van der Waals surface area contributed by atoms with Gasteiger partial charge in [0.25, 0.3) is 0 Å². The van der Waals surface area contributed by atoms with E-state index in [4.69, 9.17) is 10.5 Å². The molecule has 5 heteroatoms. The number of carbonyl (C=O) groups is 1. The van der Waals surface area contributed by atoms with Crippen LogP contribution in [0.3, 0.4) is 0 Å². The van der Waals surface area contributed by atoms with Crippen molar-refractivity contribution in [2.24, 2.45) is 5.73 Å². The number of ether oxygens (including phenoxy) is 1. The van der Waals surface area contributed by atoms with E-state index in [0.717, 1.165) is 19.3 Å². The van der Waals surface area contributed by atoms with E-state index in [9.17, 15) is 9.18 Å². The summed E-state index contributed by atoms with van der Waals surface area (Å²) in [6.07, 6.45) is 2.78. The second kappa shape index (κ2) is 6.02. The fraction of sp³-hybridized carbons (Fsp3) is 0.500. The van der Waals surface area contributed by atoms with E-state index in [1.807, 2.05) is 0 Å². The summed E-state index contributed by atoms with van der Waals surface area (Å²) in [6.45, 7) is 0. The highest BCUT2D eigenvalue weighted by molar-refractivity contribution is 5.79. The number of methoxy groups -OCH3 is 1. The lowest BCUT2D eigenvalue weighted by Gasteiger charge is -2.13. The van der Waals surface area contributed by atoms with Gasteiger partial charge in [-0.3, -0.25) is 4.79 Å². The van der Waals surface area contributed by atoms with Crippen LogP contribution >= 0.6 is 0 Å². The van der Waals surface area contributed by atoms with Gasteiger partial charge in [0, 0.05) is 17.6 Å². The van der Waals surface area contributed by atoms with Gasteiger partial charge in [-0.05, 0) is 37.5 Å². The highest BCUT2D eigenvalue weighted by atomic mass is 19.1. The quantitative estimate of drug-likeness (QED) is 0.865. The minimum Gasteiger partial charge on any atom is -0.496 e. The number of benzene rings is 1. The van der Waals surface area contributed by atoms with Gasteiger partial charge < -0.3 is 15.8 Å². The van der Waals surface area contributed by atoms with Crippen LogP contribution in [-0.2, 0) is 11.2 Å². The summed E-state index contributed by atoms with van der Waals surface area (Å²) in [5, 5.41) is 2.93. The van der Waals surface area contributed by atoms with Crippen LogP contribution in [0.25, 0.3) is 0 Å². The molecule has 1 aliphatic carbocycles. The third-order valence-electron chi connectivity index (χ3n) is 3.43. The zero-order valence-corrected chi connectivity index (χ0v) is 11.0. The zero-order chi connectivity index (χ0) is 13.8. The molecule has 1 aromatic carbocycles. The van der Waals surface area contributed by atoms with Crippen molar-refractivity contribution in [2.75, 3.05) is 7.11 Å². The highest BCUT2D eigenvalue weighted by Crippen LogP contribution is 2.21. The minimum atomic E-state index is -0.369. The van der Waals surface area contributed by atoms with Gasteiger partial charge in [0.05, 0.1) is 13.5 Å². The standard InChI is InChI=1S/C14H19FN2O2/c1-19-13-5-2-10(15)6-9(13)7-14(18)17-12-4-3-11(16)8-12/h2,5-6,11-12H,3-4,7-8,16H2,1H3,(H,17,18). The van der Waals surface area contributed by atoms with Crippen LogP contribution in [-0.4, -0.2) is 25.1 Å². The van der Waals surface area contributed by atoms with Crippen molar-refractivity contribution in [1.82, 2.24) is 5.32 Å². The zero-order valence-electron chi connectivity index (χ0n) is 11.0. The minimum absolute atomic E-state index is 0.118. The molecule has 2 unspecified atom stereocenters. The van der Waals surface area contributed by atoms with Crippen molar-refractivity contribution in [2.45, 2.75) is 37.8 Å². The number of nitrogens with two attached hydrogens (primary N) is 1. The molecule has 19 heavy (non-hydrogen) atoms. The molecule has 0 radical (unpaired) electrons. The maximum atomic E-state index is 13.2. The van der Waals surface area contributed by atoms with Gasteiger partial charge >= 0.3 is 0 Å². The first-order valence-corrected chi connectivity index (χ1v) is 6.46. The summed E-state index contributed by atoms with van der Waals surface area (Å²) in [7, 11) is 1.50. The fourth-order valence-electron chi connectivity index (χ4n) is 2.48. The molecule has 1 aromatic rings. The van der Waals surface area contributed by atoms with Gasteiger partial charge in [0.2, 0.25) is 5.91 Å². The molecule has 1 amide bonds. The Morgan fingerprint density at radius 1 is 1.53 bits per heavy atom. The normalized spacial score (nSPS) is 22.3. The topological polar surface area (TPSA) is 64.3 Å². The molecular formula is C14H19FN2O2. The first-order valence-electron chi connectivity index (χ1n) is 6.46. The molecular weight excluding hydrogens is 247 g/mol. The van der Waals surface area contributed by atoms with Crippen molar-refractivity contribution in [3.05, 3.63) is 29.6 Å². The molecule has 1 aliphatic rings. The van der Waals surface area contributed by atoms with Crippen LogP contribution in [0.4, 0.5) is 4.39 Å². The van der Waals surface area contributed by atoms with Crippen LogP contribution in [0.1, 0.15) is 24.8 Å². The number of hydrogen-bond donors (Lipinski definition) is 2. The molecule has 0 spiro atoms. The molecule has 0 aromatic heterocycles. The molecule has 0 heterocycles. The maximum absolute atomic E-state index is 13.2. The number of hydrogen-bond acceptors (Lipinski definition) is 3. The van der Waals surface area contributed by atoms with Crippen molar-refractivity contribution in [1.29, 1.82) is 0 Å². The summed E-state index contributed by atoms with van der Waals surface area (Å²) in [6, 6.07) is 4.49. The molecule has 0 aliphatic heterocycles. The largest absolute Gasteiger partial charge is 0.496 e. The van der Waals surface area contributed by atoms with E-state index in [0.29, 0.717) is 11.3 Å². The Labute approximate surface area is 112 Å². The predicted molar refractivity (Wildman–Crippen MR) is 70.4 cm³/mol. The van der Waals surface area contributed by atoms with Crippen molar-refractivity contribution < 1.29 is 13.9 Å². The van der Waals surface area contributed by atoms with E-state index in [-0.39, 0.29) is 30.2 Å². The van der Waals surface area contributed by atoms with Crippen LogP contribution in [0.15, 0.2) is 18.2 Å². The summed E-state index contributed by atoms with van der Waals surface area (Å²) in [5.41, 5.74) is 6.36. The molecule has 1 fully saturated rings. The summed E-state index contributed by atoms with van der Waals surface area (Å²) < 4.78 is 18.3. The Kier molecular flexibility index (Phi) is 4.37. The highest BCUT2D eigenvalue weighted by Gasteiger charge is 2.23. The number of amides is 1. The molecule has 4 nitrogen and oxygen atoms in total. The Morgan fingerprint density at radius 2 is 2.32 bits per heavy atom. The van der Waals surface area contributed by atoms with Crippen LogP contribution in [0.2, 0.25) is 0 Å². The summed E-state index contributed by atoms with van der Waals surface area (Å²) >= 11 is 0. The SMILES string of the molecule is COc1ccc(F)cc1CC(=O)NC1CCC(N)C1. The Balaban J connectivity index is 1.96. The monoisotopic (exact) mass is 266 g/mol. The number of halogens is 1. The van der Waals surface area contributed by atoms with Crippen LogP contribution < -0.4 is 15.8 Å². The third-order valence-corrected chi connectivity index (χ3v) is 3.43. The van der Waals surface area contributed by atoms with Gasteiger partial charge in [-0.15, -0.1) is 0 Å².